The fourth-order valence-corrected chi connectivity index (χ4v) is 7.72. The number of nitrogens with zero attached hydrogens (tertiary/aromatic N) is 3. The van der Waals surface area contributed by atoms with Crippen molar-refractivity contribution in [2.24, 2.45) is 0 Å². The third kappa shape index (κ3) is 4.06. The molecule has 0 amide bonds. The number of benzene rings is 8. The van der Waals surface area contributed by atoms with E-state index in [0.29, 0.717) is 11.4 Å². The highest BCUT2D eigenvalue weighted by molar-refractivity contribution is 6.26. The Balaban J connectivity index is 1.23. The van der Waals surface area contributed by atoms with Gasteiger partial charge in [-0.15, -0.1) is 0 Å². The average molecular weight is 660 g/mol. The predicted molar refractivity (Wildman–Crippen MR) is 215 cm³/mol. The van der Waals surface area contributed by atoms with Gasteiger partial charge in [-0.1, -0.05) is 121 Å². The van der Waals surface area contributed by atoms with Crippen molar-refractivity contribution in [3.8, 4) is 28.2 Å². The van der Waals surface area contributed by atoms with E-state index in [0.717, 1.165) is 38.6 Å². The van der Waals surface area contributed by atoms with Gasteiger partial charge >= 0.3 is 0 Å². The Labute approximate surface area is 308 Å². The molecule has 0 fully saturated rings. The van der Waals surface area contributed by atoms with Crippen LogP contribution < -0.4 is 0 Å². The minimum absolute atomic E-state index is 0.0552. The van der Waals surface area contributed by atoms with E-state index in [1.807, 2.05) is 60.7 Å². The Morgan fingerprint density at radius 1 is 0.333 bits per heavy atom. The van der Waals surface area contributed by atoms with Crippen molar-refractivity contribution in [2.75, 3.05) is 0 Å². The van der Waals surface area contributed by atoms with Gasteiger partial charge in [-0.3, -0.25) is 0 Å². The molecule has 3 aromatic heterocycles. The topological polar surface area (TPSA) is 14.8 Å². The normalized spacial score (nSPS) is 14.7. The SMILES string of the molecule is [2H]c1c([2H])c([2H])c2c(c1[2H])c1c(c([2H])c([2H])c3c4c([2H])c([2H])c([2H])c([2H])c4n(-c4ccccc4)c31)n2-c1ccc(-c2ccc3c4ccccc4n(-c4ccccc4)c3c2)cc1. The molecule has 0 aliphatic heterocycles. The van der Waals surface area contributed by atoms with Crippen molar-refractivity contribution in [2.45, 2.75) is 0 Å². The zero-order chi connectivity index (χ0) is 42.2. The molecular formula is C48H31N3. The van der Waals surface area contributed by atoms with Crippen molar-refractivity contribution in [3.05, 3.63) is 188 Å². The first kappa shape index (κ1) is 20.0. The Morgan fingerprint density at radius 2 is 0.902 bits per heavy atom. The lowest BCUT2D eigenvalue weighted by Crippen LogP contribution is -1.95. The van der Waals surface area contributed by atoms with Crippen molar-refractivity contribution in [3.63, 3.8) is 0 Å². The summed E-state index contributed by atoms with van der Waals surface area (Å²) in [7, 11) is 0. The Hall–Kier alpha value is -6.84. The number of aromatic nitrogens is 3. The summed E-state index contributed by atoms with van der Waals surface area (Å²) in [6, 6.07) is 37.5. The summed E-state index contributed by atoms with van der Waals surface area (Å²) in [5.74, 6) is 0. The van der Waals surface area contributed by atoms with E-state index in [1.54, 1.807) is 33.4 Å². The summed E-state index contributed by atoms with van der Waals surface area (Å²) < 4.78 is 96.2. The quantitative estimate of drug-likeness (QED) is 0.179. The van der Waals surface area contributed by atoms with E-state index >= 15 is 0 Å². The third-order valence-corrected chi connectivity index (χ3v) is 9.91. The maximum Gasteiger partial charge on any atom is 0.0645 e. The van der Waals surface area contributed by atoms with Gasteiger partial charge < -0.3 is 13.7 Å². The largest absolute Gasteiger partial charge is 0.309 e. The molecule has 0 aliphatic carbocycles. The second kappa shape index (κ2) is 10.8. The van der Waals surface area contributed by atoms with Crippen LogP contribution in [0.25, 0.3) is 93.6 Å². The van der Waals surface area contributed by atoms with Crippen molar-refractivity contribution in [1.82, 2.24) is 13.7 Å². The van der Waals surface area contributed by atoms with Gasteiger partial charge in [0, 0.05) is 49.4 Å². The first-order valence-electron chi connectivity index (χ1n) is 21.7. The Kier molecular flexibility index (Phi) is 4.24. The van der Waals surface area contributed by atoms with E-state index in [4.69, 9.17) is 8.22 Å². The summed E-state index contributed by atoms with van der Waals surface area (Å²) in [6.07, 6.45) is 0. The van der Waals surface area contributed by atoms with Crippen molar-refractivity contribution >= 4 is 65.4 Å². The number of para-hydroxylation sites is 5. The number of fused-ring (bicyclic) bond motifs is 10. The van der Waals surface area contributed by atoms with Crippen molar-refractivity contribution < 1.29 is 13.7 Å². The van der Waals surface area contributed by atoms with Crippen LogP contribution in [0.15, 0.2) is 188 Å². The third-order valence-electron chi connectivity index (χ3n) is 9.91. The second-order valence-electron chi connectivity index (χ2n) is 12.6. The van der Waals surface area contributed by atoms with Gasteiger partial charge in [0.05, 0.1) is 46.8 Å². The summed E-state index contributed by atoms with van der Waals surface area (Å²) >= 11 is 0. The molecule has 3 heterocycles. The molecule has 0 unspecified atom stereocenters. The number of rotatable bonds is 4. The highest BCUT2D eigenvalue weighted by atomic mass is 15.0. The van der Waals surface area contributed by atoms with Crippen LogP contribution in [0, 0.1) is 0 Å². The van der Waals surface area contributed by atoms with Crippen LogP contribution in [-0.2, 0) is 0 Å². The van der Waals surface area contributed by atoms with Gasteiger partial charge in [0.15, 0.2) is 0 Å². The molecule has 8 aromatic carbocycles. The molecule has 238 valence electrons. The van der Waals surface area contributed by atoms with Gasteiger partial charge in [0.2, 0.25) is 0 Å². The first-order chi connectivity index (χ1) is 29.5. The van der Waals surface area contributed by atoms with Crippen LogP contribution in [0.1, 0.15) is 13.7 Å². The summed E-state index contributed by atoms with van der Waals surface area (Å²) in [5, 5.41) is 2.74. The number of hydrogen-bond donors (Lipinski definition) is 0. The second-order valence-corrected chi connectivity index (χ2v) is 12.6. The van der Waals surface area contributed by atoms with E-state index in [2.05, 4.69) is 47.0 Å². The fourth-order valence-electron chi connectivity index (χ4n) is 7.72. The molecule has 0 radical (unpaired) electrons. The standard InChI is InChI=1S/C48H31N3/c1-3-13-34(14-4-1)50-42-20-10-7-17-37(42)39-28-25-33(31-46(39)50)32-23-26-36(27-24-32)49-44-22-12-9-19-41(44)47-45(49)30-29-40-38-18-8-11-21-43(38)51(48(40)47)35-15-5-2-6-16-35/h1-31H/i8D,9D,11D,12D,18D,19D,21D,22D,29D,30D. The molecule has 0 aliphatic rings. The monoisotopic (exact) mass is 659 g/mol. The highest BCUT2D eigenvalue weighted by Gasteiger charge is 2.21. The predicted octanol–water partition coefficient (Wildman–Crippen LogP) is 12.6. The van der Waals surface area contributed by atoms with Crippen LogP contribution in [0.2, 0.25) is 0 Å². The molecule has 3 nitrogen and oxygen atoms in total. The van der Waals surface area contributed by atoms with Crippen molar-refractivity contribution in [1.29, 1.82) is 0 Å². The molecule has 0 saturated carbocycles. The van der Waals surface area contributed by atoms with Gasteiger partial charge in [-0.2, -0.15) is 0 Å². The molecule has 0 spiro atoms. The molecular weight excluding hydrogens is 619 g/mol. The minimum Gasteiger partial charge on any atom is -0.309 e. The van der Waals surface area contributed by atoms with E-state index in [9.17, 15) is 5.48 Å². The minimum atomic E-state index is -0.485. The smallest absolute Gasteiger partial charge is 0.0645 e. The Morgan fingerprint density at radius 3 is 1.67 bits per heavy atom. The Bertz CT molecular complexity index is 3680. The summed E-state index contributed by atoms with van der Waals surface area (Å²) in [4.78, 5) is 0. The molecule has 0 saturated heterocycles. The van der Waals surface area contributed by atoms with Crippen LogP contribution in [0.5, 0.6) is 0 Å². The van der Waals surface area contributed by atoms with Gasteiger partial charge in [0.25, 0.3) is 0 Å². The maximum atomic E-state index is 9.61. The molecule has 0 bridgehead atoms. The van der Waals surface area contributed by atoms with Crippen LogP contribution in [-0.4, -0.2) is 13.7 Å². The summed E-state index contributed by atoms with van der Waals surface area (Å²) in [5.41, 5.74) is 6.61. The maximum absolute atomic E-state index is 9.61. The van der Waals surface area contributed by atoms with Gasteiger partial charge in [0.1, 0.15) is 0 Å². The molecule has 3 heteroatoms. The van der Waals surface area contributed by atoms with Gasteiger partial charge in [-0.05, 0) is 77.8 Å². The molecule has 0 atom stereocenters. The zero-order valence-corrected chi connectivity index (χ0v) is 27.0. The van der Waals surface area contributed by atoms with Crippen LogP contribution in [0.4, 0.5) is 0 Å². The number of hydrogen-bond acceptors (Lipinski definition) is 0. The molecule has 51 heavy (non-hydrogen) atoms. The molecule has 0 N–H and O–H groups in total. The lowest BCUT2D eigenvalue weighted by Gasteiger charge is -2.11. The fraction of sp³-hybridized carbons (Fsp3) is 0. The van der Waals surface area contributed by atoms with Crippen LogP contribution >= 0.6 is 0 Å². The molecule has 11 rings (SSSR count). The highest BCUT2D eigenvalue weighted by Crippen LogP contribution is 2.42. The van der Waals surface area contributed by atoms with Crippen LogP contribution in [0.3, 0.4) is 0 Å². The molecule has 11 aromatic rings. The lowest BCUT2D eigenvalue weighted by atomic mass is 10.0. The van der Waals surface area contributed by atoms with E-state index < -0.39 is 24.2 Å². The zero-order valence-electron chi connectivity index (χ0n) is 37.0. The average Bonchev–Trinajstić information content (AvgIpc) is 3.95. The first-order valence-corrected chi connectivity index (χ1v) is 16.7. The lowest BCUT2D eigenvalue weighted by molar-refractivity contribution is 1.17. The van der Waals surface area contributed by atoms with Gasteiger partial charge in [-0.25, -0.2) is 0 Å². The van der Waals surface area contributed by atoms with E-state index in [1.165, 1.54) is 0 Å². The van der Waals surface area contributed by atoms with E-state index in [-0.39, 0.29) is 79.9 Å². The summed E-state index contributed by atoms with van der Waals surface area (Å²) in [6.45, 7) is 0.